The molecule has 5 heterocycles. The van der Waals surface area contributed by atoms with Gasteiger partial charge in [0.15, 0.2) is 11.5 Å². The van der Waals surface area contributed by atoms with Crippen molar-refractivity contribution in [1.82, 2.24) is 19.2 Å². The minimum Gasteiger partial charge on any atom is -0.454 e. The molecule has 0 atom stereocenters. The van der Waals surface area contributed by atoms with Gasteiger partial charge in [0.25, 0.3) is 11.5 Å². The third kappa shape index (κ3) is 4.55. The fraction of sp³-hybridized carbons (Fsp3) is 0.333. The zero-order valence-corrected chi connectivity index (χ0v) is 22.8. The molecule has 2 aromatic heterocycles. The van der Waals surface area contributed by atoms with Crippen LogP contribution in [0.5, 0.6) is 11.5 Å². The maximum Gasteiger partial charge on any atom is 0.267 e. The van der Waals surface area contributed by atoms with Gasteiger partial charge in [-0.1, -0.05) is 43.0 Å². The number of ether oxygens (including phenoxy) is 2. The lowest BCUT2D eigenvalue weighted by Gasteiger charge is -2.35. The first-order valence-corrected chi connectivity index (χ1v) is 13.8. The summed E-state index contributed by atoms with van der Waals surface area (Å²) in [4.78, 5) is 38.6. The van der Waals surface area contributed by atoms with Crippen LogP contribution in [0.3, 0.4) is 0 Å². The van der Waals surface area contributed by atoms with E-state index >= 15 is 0 Å². The van der Waals surface area contributed by atoms with Crippen LogP contribution >= 0.6 is 24.0 Å². The van der Waals surface area contributed by atoms with Crippen molar-refractivity contribution in [3.8, 4) is 11.5 Å². The molecule has 0 radical (unpaired) electrons. The minimum atomic E-state index is -0.229. The standard InChI is InChI=1S/C27H27N5O4S2/c1-3-29-8-10-30(11-9-29)24-19(25(33)31-14-17(2)4-7-23(31)28-24)13-22-26(34)32(27(37)38-22)15-18-5-6-20-21(12-18)36-16-35-20/h4-7,12-14H,3,8-11,15-16H2,1-2H3. The van der Waals surface area contributed by atoms with Gasteiger partial charge in [-0.05, 0) is 48.9 Å². The highest BCUT2D eigenvalue weighted by atomic mass is 32.2. The minimum absolute atomic E-state index is 0.188. The zero-order valence-electron chi connectivity index (χ0n) is 21.2. The molecule has 3 aliphatic heterocycles. The number of aromatic nitrogens is 2. The summed E-state index contributed by atoms with van der Waals surface area (Å²) in [6, 6.07) is 9.39. The number of piperazine rings is 1. The lowest BCUT2D eigenvalue weighted by atomic mass is 10.2. The molecule has 0 spiro atoms. The van der Waals surface area contributed by atoms with Crippen LogP contribution in [0.4, 0.5) is 5.82 Å². The van der Waals surface area contributed by atoms with Crippen molar-refractivity contribution < 1.29 is 14.3 Å². The van der Waals surface area contributed by atoms with E-state index in [0.717, 1.165) is 43.9 Å². The average Bonchev–Trinajstić information content (AvgIpc) is 3.50. The molecule has 1 aromatic carbocycles. The van der Waals surface area contributed by atoms with Gasteiger partial charge in [-0.25, -0.2) is 4.98 Å². The van der Waals surface area contributed by atoms with Crippen LogP contribution in [0.25, 0.3) is 11.7 Å². The molecule has 0 saturated carbocycles. The largest absolute Gasteiger partial charge is 0.454 e. The molecule has 38 heavy (non-hydrogen) atoms. The van der Waals surface area contributed by atoms with E-state index in [1.807, 2.05) is 37.3 Å². The number of benzene rings is 1. The molecule has 1 amide bonds. The van der Waals surface area contributed by atoms with E-state index in [0.29, 0.717) is 44.3 Å². The number of carbonyl (C=O) groups excluding carboxylic acids is 1. The molecule has 3 aromatic rings. The maximum atomic E-state index is 13.8. The first kappa shape index (κ1) is 24.9. The van der Waals surface area contributed by atoms with Crippen molar-refractivity contribution in [2.45, 2.75) is 20.4 Å². The Hall–Kier alpha value is -3.41. The molecule has 9 nitrogen and oxygen atoms in total. The van der Waals surface area contributed by atoms with Crippen LogP contribution in [-0.2, 0) is 11.3 Å². The van der Waals surface area contributed by atoms with Gasteiger partial charge in [-0.2, -0.15) is 0 Å². The quantitative estimate of drug-likeness (QED) is 0.352. The predicted molar refractivity (Wildman–Crippen MR) is 152 cm³/mol. The van der Waals surface area contributed by atoms with Crippen LogP contribution in [0.1, 0.15) is 23.6 Å². The van der Waals surface area contributed by atoms with Crippen LogP contribution in [0.2, 0.25) is 0 Å². The Morgan fingerprint density at radius 3 is 2.66 bits per heavy atom. The van der Waals surface area contributed by atoms with Gasteiger partial charge in [-0.3, -0.25) is 18.9 Å². The predicted octanol–water partition coefficient (Wildman–Crippen LogP) is 3.27. The number of likely N-dealkylation sites (N-methyl/N-ethyl adjacent to an activating group) is 1. The summed E-state index contributed by atoms with van der Waals surface area (Å²) < 4.78 is 12.9. The van der Waals surface area contributed by atoms with Crippen LogP contribution in [0, 0.1) is 6.92 Å². The Kier molecular flexibility index (Phi) is 6.58. The fourth-order valence-corrected chi connectivity index (χ4v) is 6.12. The number of anilines is 1. The Morgan fingerprint density at radius 2 is 1.87 bits per heavy atom. The molecule has 11 heteroatoms. The number of carbonyl (C=O) groups is 1. The number of amides is 1. The van der Waals surface area contributed by atoms with Gasteiger partial charge >= 0.3 is 0 Å². The first-order chi connectivity index (χ1) is 18.4. The van der Waals surface area contributed by atoms with Gasteiger partial charge < -0.3 is 19.3 Å². The summed E-state index contributed by atoms with van der Waals surface area (Å²) in [5.41, 5.74) is 2.62. The number of rotatable bonds is 5. The van der Waals surface area contributed by atoms with Crippen LogP contribution in [0.15, 0.2) is 46.2 Å². The summed E-state index contributed by atoms with van der Waals surface area (Å²) in [7, 11) is 0. The molecule has 2 saturated heterocycles. The summed E-state index contributed by atoms with van der Waals surface area (Å²) in [5.74, 6) is 1.72. The SMILES string of the molecule is CCN1CCN(c2nc3ccc(C)cn3c(=O)c2C=C2SC(=S)N(Cc3ccc4c(c3)OCO4)C2=O)CC1. The molecule has 0 unspecified atom stereocenters. The Labute approximate surface area is 229 Å². The normalized spacial score (nSPS) is 18.8. The van der Waals surface area contributed by atoms with E-state index < -0.39 is 0 Å². The zero-order chi connectivity index (χ0) is 26.4. The van der Waals surface area contributed by atoms with Crippen molar-refractivity contribution in [3.63, 3.8) is 0 Å². The second kappa shape index (κ2) is 10.0. The lowest BCUT2D eigenvalue weighted by Crippen LogP contribution is -2.47. The van der Waals surface area contributed by atoms with E-state index in [4.69, 9.17) is 26.7 Å². The highest BCUT2D eigenvalue weighted by molar-refractivity contribution is 8.26. The molecule has 3 aliphatic rings. The highest BCUT2D eigenvalue weighted by Crippen LogP contribution is 2.37. The summed E-state index contributed by atoms with van der Waals surface area (Å²) in [5, 5.41) is 0. The number of fused-ring (bicyclic) bond motifs is 2. The van der Waals surface area contributed by atoms with E-state index in [2.05, 4.69) is 16.7 Å². The van der Waals surface area contributed by atoms with E-state index in [1.54, 1.807) is 21.6 Å². The Morgan fingerprint density at radius 1 is 1.08 bits per heavy atom. The topological polar surface area (TPSA) is 79.6 Å². The van der Waals surface area contributed by atoms with E-state index in [-0.39, 0.29) is 18.3 Å². The number of aryl methyl sites for hydroxylation is 1. The van der Waals surface area contributed by atoms with Crippen molar-refractivity contribution in [2.24, 2.45) is 0 Å². The van der Waals surface area contributed by atoms with Gasteiger partial charge in [-0.15, -0.1) is 0 Å². The average molecular weight is 550 g/mol. The third-order valence-electron chi connectivity index (χ3n) is 7.03. The van der Waals surface area contributed by atoms with Gasteiger partial charge in [0.1, 0.15) is 15.8 Å². The van der Waals surface area contributed by atoms with Crippen LogP contribution in [-0.4, -0.2) is 68.9 Å². The van der Waals surface area contributed by atoms with Crippen molar-refractivity contribution >= 4 is 51.7 Å². The smallest absolute Gasteiger partial charge is 0.267 e. The third-order valence-corrected chi connectivity index (χ3v) is 8.41. The monoisotopic (exact) mass is 549 g/mol. The van der Waals surface area contributed by atoms with Crippen LogP contribution < -0.4 is 19.9 Å². The van der Waals surface area contributed by atoms with E-state index in [1.165, 1.54) is 11.8 Å². The van der Waals surface area contributed by atoms with Crippen molar-refractivity contribution in [2.75, 3.05) is 44.4 Å². The summed E-state index contributed by atoms with van der Waals surface area (Å²) >= 11 is 6.79. The molecule has 0 bridgehead atoms. The molecule has 6 rings (SSSR count). The number of hydrogen-bond acceptors (Lipinski definition) is 9. The Bertz CT molecular complexity index is 1540. The second-order valence-corrected chi connectivity index (χ2v) is 11.1. The highest BCUT2D eigenvalue weighted by Gasteiger charge is 2.33. The van der Waals surface area contributed by atoms with Crippen molar-refractivity contribution in [1.29, 1.82) is 0 Å². The number of hydrogen-bond donors (Lipinski definition) is 0. The molecule has 0 aliphatic carbocycles. The van der Waals surface area contributed by atoms with Gasteiger partial charge in [0.05, 0.1) is 17.0 Å². The molecule has 0 N–H and O–H groups in total. The number of thioether (sulfide) groups is 1. The summed E-state index contributed by atoms with van der Waals surface area (Å²) in [6.45, 7) is 8.86. The summed E-state index contributed by atoms with van der Waals surface area (Å²) in [6.07, 6.45) is 3.45. The molecular formula is C27H27N5O4S2. The fourth-order valence-electron chi connectivity index (χ4n) is 4.88. The molecule has 2 fully saturated rings. The first-order valence-electron chi connectivity index (χ1n) is 12.6. The Balaban J connectivity index is 1.36. The molecule has 196 valence electrons. The van der Waals surface area contributed by atoms with Gasteiger partial charge in [0, 0.05) is 32.4 Å². The van der Waals surface area contributed by atoms with Gasteiger partial charge in [0.2, 0.25) is 6.79 Å². The number of nitrogens with zero attached hydrogens (tertiary/aromatic N) is 5. The number of pyridine rings is 1. The maximum absolute atomic E-state index is 13.8. The van der Waals surface area contributed by atoms with E-state index in [9.17, 15) is 9.59 Å². The lowest BCUT2D eigenvalue weighted by molar-refractivity contribution is -0.122. The second-order valence-electron chi connectivity index (χ2n) is 9.47. The van der Waals surface area contributed by atoms with Crippen molar-refractivity contribution in [3.05, 3.63) is 68.5 Å². The molecular weight excluding hydrogens is 522 g/mol. The number of thiocarbonyl (C=S) groups is 1.